The van der Waals surface area contributed by atoms with Gasteiger partial charge in [0.2, 0.25) is 0 Å². The van der Waals surface area contributed by atoms with Gasteiger partial charge in [-0.3, -0.25) is 0 Å². The predicted octanol–water partition coefficient (Wildman–Crippen LogP) is 4.28. The van der Waals surface area contributed by atoms with Crippen LogP contribution in [0.3, 0.4) is 0 Å². The van der Waals surface area contributed by atoms with E-state index < -0.39 is 0 Å². The Labute approximate surface area is 157 Å². The molecule has 0 spiro atoms. The summed E-state index contributed by atoms with van der Waals surface area (Å²) in [4.78, 5) is 0. The molecule has 0 N–H and O–H groups in total. The Morgan fingerprint density at radius 2 is 1.08 bits per heavy atom. The highest BCUT2D eigenvalue weighted by Gasteiger charge is 2.22. The van der Waals surface area contributed by atoms with E-state index in [1.807, 2.05) is 13.8 Å². The molecule has 2 atom stereocenters. The molecular formula is C18H36O4S2. The molecule has 1 aliphatic rings. The Kier molecular flexibility index (Phi) is 13.8. The van der Waals surface area contributed by atoms with E-state index in [1.165, 1.54) is 25.7 Å². The zero-order valence-electron chi connectivity index (χ0n) is 15.8. The number of hydrogen-bond acceptors (Lipinski definition) is 6. The van der Waals surface area contributed by atoms with Crippen molar-refractivity contribution in [1.29, 1.82) is 0 Å². The smallest absolute Gasteiger partial charge is 0.154 e. The Hall–Kier alpha value is 0.540. The third kappa shape index (κ3) is 11.2. The molecule has 1 rings (SSSR count). The molecule has 1 saturated carbocycles. The SMILES string of the molecule is CSCCOC(C)OCC1CCC(COC(C)OCCSC)CC1. The van der Waals surface area contributed by atoms with Gasteiger partial charge in [0.1, 0.15) is 0 Å². The molecule has 1 fully saturated rings. The van der Waals surface area contributed by atoms with Gasteiger partial charge in [0.15, 0.2) is 12.6 Å². The molecule has 0 bridgehead atoms. The summed E-state index contributed by atoms with van der Waals surface area (Å²) in [6.07, 6.45) is 8.93. The maximum absolute atomic E-state index is 5.83. The first-order valence-electron chi connectivity index (χ1n) is 9.10. The van der Waals surface area contributed by atoms with Crippen LogP contribution in [0.4, 0.5) is 0 Å². The lowest BCUT2D eigenvalue weighted by atomic mass is 9.83. The Bertz CT molecular complexity index is 258. The third-order valence-corrected chi connectivity index (χ3v) is 5.53. The van der Waals surface area contributed by atoms with Gasteiger partial charge in [-0.25, -0.2) is 0 Å². The minimum Gasteiger partial charge on any atom is -0.353 e. The summed E-state index contributed by atoms with van der Waals surface area (Å²) in [5.41, 5.74) is 0. The van der Waals surface area contributed by atoms with Gasteiger partial charge in [-0.15, -0.1) is 0 Å². The van der Waals surface area contributed by atoms with E-state index in [-0.39, 0.29) is 12.6 Å². The fraction of sp³-hybridized carbons (Fsp3) is 1.00. The summed E-state index contributed by atoms with van der Waals surface area (Å²) in [6.45, 7) is 7.17. The fourth-order valence-corrected chi connectivity index (χ4v) is 3.32. The zero-order chi connectivity index (χ0) is 17.6. The summed E-state index contributed by atoms with van der Waals surface area (Å²) in [5, 5.41) is 0. The average Bonchev–Trinajstić information content (AvgIpc) is 2.59. The van der Waals surface area contributed by atoms with E-state index in [0.717, 1.165) is 37.9 Å². The molecule has 0 amide bonds. The Morgan fingerprint density at radius 3 is 1.42 bits per heavy atom. The van der Waals surface area contributed by atoms with Gasteiger partial charge >= 0.3 is 0 Å². The van der Waals surface area contributed by atoms with Gasteiger partial charge in [0, 0.05) is 11.5 Å². The number of thioether (sulfide) groups is 2. The molecule has 0 radical (unpaired) electrons. The quantitative estimate of drug-likeness (QED) is 0.331. The van der Waals surface area contributed by atoms with Crippen molar-refractivity contribution in [3.8, 4) is 0 Å². The molecule has 0 aromatic heterocycles. The summed E-state index contributed by atoms with van der Waals surface area (Å²) < 4.78 is 22.9. The second-order valence-corrected chi connectivity index (χ2v) is 8.39. The summed E-state index contributed by atoms with van der Waals surface area (Å²) in [5.74, 6) is 3.39. The molecule has 24 heavy (non-hydrogen) atoms. The molecule has 2 unspecified atom stereocenters. The monoisotopic (exact) mass is 380 g/mol. The highest BCUT2D eigenvalue weighted by molar-refractivity contribution is 7.98. The zero-order valence-corrected chi connectivity index (χ0v) is 17.5. The number of ether oxygens (including phenoxy) is 4. The molecule has 1 aliphatic carbocycles. The van der Waals surface area contributed by atoms with Crippen LogP contribution in [0.15, 0.2) is 0 Å². The second-order valence-electron chi connectivity index (χ2n) is 6.42. The van der Waals surface area contributed by atoms with Crippen LogP contribution >= 0.6 is 23.5 Å². The molecule has 0 aromatic rings. The molecule has 4 nitrogen and oxygen atoms in total. The first-order chi connectivity index (χ1) is 11.7. The third-order valence-electron chi connectivity index (χ3n) is 4.38. The van der Waals surface area contributed by atoms with Gasteiger partial charge in [0.25, 0.3) is 0 Å². The van der Waals surface area contributed by atoms with Crippen molar-refractivity contribution in [3.63, 3.8) is 0 Å². The van der Waals surface area contributed by atoms with E-state index in [4.69, 9.17) is 18.9 Å². The van der Waals surface area contributed by atoms with Crippen LogP contribution in [0.2, 0.25) is 0 Å². The lowest BCUT2D eigenvalue weighted by Crippen LogP contribution is -2.26. The van der Waals surface area contributed by atoms with Crippen molar-refractivity contribution in [3.05, 3.63) is 0 Å². The van der Waals surface area contributed by atoms with E-state index in [1.54, 1.807) is 23.5 Å². The lowest BCUT2D eigenvalue weighted by molar-refractivity contribution is -0.144. The Morgan fingerprint density at radius 1 is 0.708 bits per heavy atom. The largest absolute Gasteiger partial charge is 0.353 e. The van der Waals surface area contributed by atoms with E-state index in [0.29, 0.717) is 11.8 Å². The molecule has 0 saturated heterocycles. The summed E-state index contributed by atoms with van der Waals surface area (Å²) in [6, 6.07) is 0. The second kappa shape index (κ2) is 14.7. The van der Waals surface area contributed by atoms with Crippen molar-refractivity contribution in [2.45, 2.75) is 52.1 Å². The molecule has 144 valence electrons. The van der Waals surface area contributed by atoms with Crippen molar-refractivity contribution in [1.82, 2.24) is 0 Å². The van der Waals surface area contributed by atoms with Crippen LogP contribution in [-0.2, 0) is 18.9 Å². The minimum absolute atomic E-state index is 0.0857. The van der Waals surface area contributed by atoms with Crippen LogP contribution in [0.25, 0.3) is 0 Å². The maximum atomic E-state index is 5.83. The molecule has 6 heteroatoms. The highest BCUT2D eigenvalue weighted by Crippen LogP contribution is 2.29. The molecule has 0 aromatic carbocycles. The predicted molar refractivity (Wildman–Crippen MR) is 105 cm³/mol. The summed E-state index contributed by atoms with van der Waals surface area (Å²) in [7, 11) is 0. The first kappa shape index (κ1) is 22.6. The van der Waals surface area contributed by atoms with Crippen molar-refractivity contribution in [2.24, 2.45) is 11.8 Å². The normalized spacial score (nSPS) is 24.0. The van der Waals surface area contributed by atoms with Gasteiger partial charge in [-0.1, -0.05) is 0 Å². The van der Waals surface area contributed by atoms with Crippen LogP contribution in [-0.4, -0.2) is 63.0 Å². The van der Waals surface area contributed by atoms with Gasteiger partial charge in [0.05, 0.1) is 26.4 Å². The minimum atomic E-state index is -0.0857. The highest BCUT2D eigenvalue weighted by atomic mass is 32.2. The van der Waals surface area contributed by atoms with E-state index in [9.17, 15) is 0 Å². The first-order valence-corrected chi connectivity index (χ1v) is 11.9. The number of hydrogen-bond donors (Lipinski definition) is 0. The summed E-state index contributed by atoms with van der Waals surface area (Å²) >= 11 is 3.60. The standard InChI is InChI=1S/C18H36O4S2/c1-15(19-9-11-23-3)21-13-17-5-7-18(8-6-17)14-22-16(2)20-10-12-24-4/h15-18H,5-14H2,1-4H3. The van der Waals surface area contributed by atoms with Crippen LogP contribution < -0.4 is 0 Å². The van der Waals surface area contributed by atoms with Gasteiger partial charge in [-0.2, -0.15) is 23.5 Å². The molecule has 0 heterocycles. The average molecular weight is 381 g/mol. The van der Waals surface area contributed by atoms with Gasteiger partial charge < -0.3 is 18.9 Å². The van der Waals surface area contributed by atoms with Crippen molar-refractivity contribution < 1.29 is 18.9 Å². The molecule has 0 aliphatic heterocycles. The van der Waals surface area contributed by atoms with Crippen LogP contribution in [0.5, 0.6) is 0 Å². The number of rotatable bonds is 14. The van der Waals surface area contributed by atoms with Gasteiger partial charge in [-0.05, 0) is 63.9 Å². The molecular weight excluding hydrogens is 344 g/mol. The van der Waals surface area contributed by atoms with Crippen molar-refractivity contribution >= 4 is 23.5 Å². The van der Waals surface area contributed by atoms with Crippen LogP contribution in [0.1, 0.15) is 39.5 Å². The fourth-order valence-electron chi connectivity index (χ4n) is 2.80. The maximum Gasteiger partial charge on any atom is 0.154 e. The topological polar surface area (TPSA) is 36.9 Å². The van der Waals surface area contributed by atoms with E-state index >= 15 is 0 Å². The lowest BCUT2D eigenvalue weighted by Gasteiger charge is -2.29. The Balaban J connectivity index is 2.03. The van der Waals surface area contributed by atoms with Crippen LogP contribution in [0, 0.1) is 11.8 Å². The van der Waals surface area contributed by atoms with Crippen molar-refractivity contribution in [2.75, 3.05) is 50.4 Å². The van der Waals surface area contributed by atoms with E-state index in [2.05, 4.69) is 12.5 Å².